The Hall–Kier alpha value is -0.210. The van der Waals surface area contributed by atoms with E-state index in [1.54, 1.807) is 7.11 Å². The van der Waals surface area contributed by atoms with Gasteiger partial charge in [-0.2, -0.15) is 0 Å². The van der Waals surface area contributed by atoms with E-state index in [4.69, 9.17) is 9.47 Å². The standard InChI is InChI=1S/C10H24N2O4S/c1-11-5-3-4-10-17(13,14)12-6-7-16-9-8-15-2/h11-12H,3-10H2,1-2H3. The Bertz CT molecular complexity index is 257. The van der Waals surface area contributed by atoms with E-state index in [-0.39, 0.29) is 5.75 Å². The fourth-order valence-electron chi connectivity index (χ4n) is 1.18. The van der Waals surface area contributed by atoms with Crippen LogP contribution in [0.4, 0.5) is 0 Å². The molecule has 0 aliphatic carbocycles. The largest absolute Gasteiger partial charge is 0.382 e. The molecule has 2 N–H and O–H groups in total. The maximum Gasteiger partial charge on any atom is 0.211 e. The molecule has 0 amide bonds. The summed E-state index contributed by atoms with van der Waals surface area (Å²) in [5.74, 6) is 0.173. The highest BCUT2D eigenvalue weighted by molar-refractivity contribution is 7.89. The third-order valence-corrected chi connectivity index (χ3v) is 3.56. The third kappa shape index (κ3) is 12.0. The second-order valence-electron chi connectivity index (χ2n) is 3.63. The van der Waals surface area contributed by atoms with Crippen LogP contribution in [0.2, 0.25) is 0 Å². The van der Waals surface area contributed by atoms with Gasteiger partial charge in [-0.1, -0.05) is 0 Å². The fourth-order valence-corrected chi connectivity index (χ4v) is 2.30. The van der Waals surface area contributed by atoms with Gasteiger partial charge in [-0.3, -0.25) is 0 Å². The molecule has 0 aromatic carbocycles. The smallest absolute Gasteiger partial charge is 0.211 e. The van der Waals surface area contributed by atoms with Crippen molar-refractivity contribution in [2.75, 3.05) is 52.8 Å². The molecular formula is C10H24N2O4S. The van der Waals surface area contributed by atoms with Crippen LogP contribution in [0.15, 0.2) is 0 Å². The Morgan fingerprint density at radius 3 is 2.47 bits per heavy atom. The summed E-state index contributed by atoms with van der Waals surface area (Å²) >= 11 is 0. The SMILES string of the molecule is CNCCCCS(=O)(=O)NCCOCCOC. The van der Waals surface area contributed by atoms with Gasteiger partial charge in [-0.15, -0.1) is 0 Å². The van der Waals surface area contributed by atoms with Crippen molar-refractivity contribution in [1.29, 1.82) is 0 Å². The molecule has 0 aliphatic heterocycles. The molecule has 0 rings (SSSR count). The molecule has 0 saturated heterocycles. The first-order valence-corrected chi connectivity index (χ1v) is 7.46. The lowest BCUT2D eigenvalue weighted by Gasteiger charge is -2.07. The van der Waals surface area contributed by atoms with Crippen LogP contribution in [0.1, 0.15) is 12.8 Å². The molecule has 0 saturated carbocycles. The van der Waals surface area contributed by atoms with Gasteiger partial charge in [0.1, 0.15) is 0 Å². The normalized spacial score (nSPS) is 11.9. The molecular weight excluding hydrogens is 244 g/mol. The molecule has 0 aromatic rings. The van der Waals surface area contributed by atoms with Crippen LogP contribution in [-0.2, 0) is 19.5 Å². The van der Waals surface area contributed by atoms with Gasteiger partial charge in [0.25, 0.3) is 0 Å². The highest BCUT2D eigenvalue weighted by Gasteiger charge is 2.08. The van der Waals surface area contributed by atoms with Crippen molar-refractivity contribution in [3.8, 4) is 0 Å². The topological polar surface area (TPSA) is 76.7 Å². The second-order valence-corrected chi connectivity index (χ2v) is 5.56. The first kappa shape index (κ1) is 16.8. The van der Waals surface area contributed by atoms with E-state index in [0.29, 0.717) is 32.8 Å². The highest BCUT2D eigenvalue weighted by atomic mass is 32.2. The van der Waals surface area contributed by atoms with Crippen molar-refractivity contribution in [1.82, 2.24) is 10.0 Å². The average molecular weight is 268 g/mol. The fraction of sp³-hybridized carbons (Fsp3) is 1.00. The first-order chi connectivity index (χ1) is 8.12. The van der Waals surface area contributed by atoms with E-state index < -0.39 is 10.0 Å². The van der Waals surface area contributed by atoms with Crippen LogP contribution in [0.25, 0.3) is 0 Å². The van der Waals surface area contributed by atoms with E-state index in [0.717, 1.165) is 13.0 Å². The van der Waals surface area contributed by atoms with Gasteiger partial charge in [0, 0.05) is 13.7 Å². The van der Waals surface area contributed by atoms with Gasteiger partial charge >= 0.3 is 0 Å². The molecule has 0 atom stereocenters. The summed E-state index contributed by atoms with van der Waals surface area (Å²) in [6, 6.07) is 0. The van der Waals surface area contributed by atoms with Gasteiger partial charge < -0.3 is 14.8 Å². The summed E-state index contributed by atoms with van der Waals surface area (Å²) in [5, 5.41) is 2.98. The van der Waals surface area contributed by atoms with Crippen molar-refractivity contribution in [2.24, 2.45) is 0 Å². The lowest BCUT2D eigenvalue weighted by molar-refractivity contribution is 0.0736. The van der Waals surface area contributed by atoms with Crippen LogP contribution < -0.4 is 10.0 Å². The van der Waals surface area contributed by atoms with E-state index in [1.165, 1.54) is 0 Å². The molecule has 7 heteroatoms. The number of hydrogen-bond acceptors (Lipinski definition) is 5. The maximum absolute atomic E-state index is 11.5. The summed E-state index contributed by atoms with van der Waals surface area (Å²) < 4.78 is 35.4. The third-order valence-electron chi connectivity index (χ3n) is 2.09. The highest BCUT2D eigenvalue weighted by Crippen LogP contribution is 1.93. The number of hydrogen-bond donors (Lipinski definition) is 2. The predicted molar refractivity (Wildman–Crippen MR) is 67.6 cm³/mol. The van der Waals surface area contributed by atoms with Crippen molar-refractivity contribution in [2.45, 2.75) is 12.8 Å². The van der Waals surface area contributed by atoms with Crippen molar-refractivity contribution >= 4 is 10.0 Å². The van der Waals surface area contributed by atoms with Gasteiger partial charge in [0.05, 0.1) is 25.6 Å². The number of ether oxygens (including phenoxy) is 2. The van der Waals surface area contributed by atoms with Crippen LogP contribution in [0, 0.1) is 0 Å². The van der Waals surface area contributed by atoms with Gasteiger partial charge in [-0.05, 0) is 26.4 Å². The molecule has 0 bridgehead atoms. The van der Waals surface area contributed by atoms with E-state index in [9.17, 15) is 8.42 Å². The van der Waals surface area contributed by atoms with Gasteiger partial charge in [0.15, 0.2) is 0 Å². The van der Waals surface area contributed by atoms with Crippen LogP contribution in [-0.4, -0.2) is 61.2 Å². The van der Waals surface area contributed by atoms with Gasteiger partial charge in [0.2, 0.25) is 10.0 Å². The van der Waals surface area contributed by atoms with Crippen molar-refractivity contribution in [3.05, 3.63) is 0 Å². The molecule has 0 heterocycles. The molecule has 17 heavy (non-hydrogen) atoms. The summed E-state index contributed by atoms with van der Waals surface area (Å²) in [6.45, 7) is 2.55. The minimum atomic E-state index is -3.14. The Morgan fingerprint density at radius 1 is 1.06 bits per heavy atom. The minimum absolute atomic E-state index is 0.173. The predicted octanol–water partition coefficient (Wildman–Crippen LogP) is -0.432. The Morgan fingerprint density at radius 2 is 1.82 bits per heavy atom. The Labute approximate surface area is 104 Å². The zero-order valence-electron chi connectivity index (χ0n) is 10.7. The zero-order chi connectivity index (χ0) is 13.0. The number of rotatable bonds is 12. The second kappa shape index (κ2) is 10.9. The Kier molecular flexibility index (Phi) is 10.8. The monoisotopic (exact) mass is 268 g/mol. The summed E-state index contributed by atoms with van der Waals surface area (Å²) in [5.41, 5.74) is 0. The summed E-state index contributed by atoms with van der Waals surface area (Å²) in [6.07, 6.45) is 1.53. The van der Waals surface area contributed by atoms with Crippen molar-refractivity contribution in [3.63, 3.8) is 0 Å². The summed E-state index contributed by atoms with van der Waals surface area (Å²) in [7, 11) is 0.302. The molecule has 0 spiro atoms. The molecule has 0 unspecified atom stereocenters. The number of nitrogens with one attached hydrogen (secondary N) is 2. The quantitative estimate of drug-likeness (QED) is 0.470. The lowest BCUT2D eigenvalue weighted by atomic mass is 10.3. The average Bonchev–Trinajstić information content (AvgIpc) is 2.29. The lowest BCUT2D eigenvalue weighted by Crippen LogP contribution is -2.30. The van der Waals surface area contributed by atoms with Crippen LogP contribution in [0.3, 0.4) is 0 Å². The van der Waals surface area contributed by atoms with Gasteiger partial charge in [-0.25, -0.2) is 13.1 Å². The molecule has 6 nitrogen and oxygen atoms in total. The first-order valence-electron chi connectivity index (χ1n) is 5.81. The molecule has 0 aliphatic rings. The molecule has 0 fully saturated rings. The van der Waals surface area contributed by atoms with E-state index in [1.807, 2.05) is 7.05 Å². The van der Waals surface area contributed by atoms with Crippen molar-refractivity contribution < 1.29 is 17.9 Å². The van der Waals surface area contributed by atoms with Crippen LogP contribution in [0.5, 0.6) is 0 Å². The van der Waals surface area contributed by atoms with Crippen LogP contribution >= 0.6 is 0 Å². The zero-order valence-corrected chi connectivity index (χ0v) is 11.5. The molecule has 0 aromatic heterocycles. The minimum Gasteiger partial charge on any atom is -0.382 e. The summed E-state index contributed by atoms with van der Waals surface area (Å²) in [4.78, 5) is 0. The number of methoxy groups -OCH3 is 1. The maximum atomic E-state index is 11.5. The van der Waals surface area contributed by atoms with E-state index >= 15 is 0 Å². The molecule has 0 radical (unpaired) electrons. The number of sulfonamides is 1. The van der Waals surface area contributed by atoms with E-state index in [2.05, 4.69) is 10.0 Å². The number of unbranched alkanes of at least 4 members (excludes halogenated alkanes) is 1. The Balaban J connectivity index is 3.44. The molecule has 104 valence electrons.